The van der Waals surface area contributed by atoms with E-state index in [0.717, 1.165) is 24.8 Å². The monoisotopic (exact) mass is 342 g/mol. The van der Waals surface area contributed by atoms with E-state index in [2.05, 4.69) is 9.97 Å². The van der Waals surface area contributed by atoms with Gasteiger partial charge in [-0.1, -0.05) is 46.9 Å². The summed E-state index contributed by atoms with van der Waals surface area (Å²) in [4.78, 5) is 8.81. The molecule has 0 N–H and O–H groups in total. The molecule has 1 fully saturated rings. The van der Waals surface area contributed by atoms with Crippen LogP contribution >= 0.6 is 34.8 Å². The molecule has 0 atom stereocenters. The standard InChI is InChI=1S/C15H13Cl3N2O/c1-21-15(6-3-7-15)14-19-12(17)11(13(18)20-14)9-4-2-5-10(16)8-9/h2,4-5,8H,3,6-7H2,1H3. The molecule has 1 aromatic carbocycles. The number of hydrogen-bond acceptors (Lipinski definition) is 3. The van der Waals surface area contributed by atoms with E-state index in [0.29, 0.717) is 26.7 Å². The minimum Gasteiger partial charge on any atom is -0.370 e. The highest BCUT2D eigenvalue weighted by Gasteiger charge is 2.42. The Labute approximate surface area is 138 Å². The highest BCUT2D eigenvalue weighted by atomic mass is 35.5. The van der Waals surface area contributed by atoms with Crippen LogP contribution < -0.4 is 0 Å². The molecular formula is C15H13Cl3N2O. The van der Waals surface area contributed by atoms with Crippen molar-refractivity contribution in [2.24, 2.45) is 0 Å². The summed E-state index contributed by atoms with van der Waals surface area (Å²) in [6.07, 6.45) is 2.85. The molecule has 1 heterocycles. The number of aromatic nitrogens is 2. The van der Waals surface area contributed by atoms with E-state index in [1.54, 1.807) is 19.2 Å². The van der Waals surface area contributed by atoms with Crippen molar-refractivity contribution in [1.82, 2.24) is 9.97 Å². The van der Waals surface area contributed by atoms with Gasteiger partial charge in [0.05, 0.1) is 5.56 Å². The van der Waals surface area contributed by atoms with E-state index < -0.39 is 5.60 Å². The molecule has 1 aromatic heterocycles. The molecule has 0 bridgehead atoms. The molecule has 6 heteroatoms. The number of halogens is 3. The van der Waals surface area contributed by atoms with E-state index in [1.165, 1.54) is 0 Å². The summed E-state index contributed by atoms with van der Waals surface area (Å²) < 4.78 is 5.57. The fourth-order valence-electron chi connectivity index (χ4n) is 2.51. The van der Waals surface area contributed by atoms with E-state index in [1.807, 2.05) is 12.1 Å². The molecule has 0 spiro atoms. The second kappa shape index (κ2) is 5.73. The second-order valence-corrected chi connectivity index (χ2v) is 6.22. The Bertz CT molecular complexity index is 658. The van der Waals surface area contributed by atoms with Crippen LogP contribution in [0.3, 0.4) is 0 Å². The summed E-state index contributed by atoms with van der Waals surface area (Å²) in [6, 6.07) is 7.28. The van der Waals surface area contributed by atoms with Crippen LogP contribution in [0.5, 0.6) is 0 Å². The van der Waals surface area contributed by atoms with Gasteiger partial charge in [-0.15, -0.1) is 0 Å². The van der Waals surface area contributed by atoms with Crippen LogP contribution in [-0.4, -0.2) is 17.1 Å². The van der Waals surface area contributed by atoms with Crippen molar-refractivity contribution in [2.45, 2.75) is 24.9 Å². The lowest BCUT2D eigenvalue weighted by molar-refractivity contribution is -0.0846. The molecule has 1 aliphatic rings. The molecule has 3 nitrogen and oxygen atoms in total. The summed E-state index contributed by atoms with van der Waals surface area (Å²) in [7, 11) is 1.66. The Morgan fingerprint density at radius 3 is 2.24 bits per heavy atom. The van der Waals surface area contributed by atoms with Gasteiger partial charge < -0.3 is 4.74 Å². The van der Waals surface area contributed by atoms with Crippen LogP contribution in [0.15, 0.2) is 24.3 Å². The maximum Gasteiger partial charge on any atom is 0.163 e. The third-order valence-electron chi connectivity index (χ3n) is 3.89. The second-order valence-electron chi connectivity index (χ2n) is 5.07. The zero-order valence-corrected chi connectivity index (χ0v) is 13.6. The summed E-state index contributed by atoms with van der Waals surface area (Å²) in [5, 5.41) is 1.24. The van der Waals surface area contributed by atoms with Crippen molar-refractivity contribution in [3.8, 4) is 11.1 Å². The number of benzene rings is 1. The van der Waals surface area contributed by atoms with Crippen LogP contribution in [0.4, 0.5) is 0 Å². The fourth-order valence-corrected chi connectivity index (χ4v) is 3.31. The van der Waals surface area contributed by atoms with Crippen molar-refractivity contribution in [3.63, 3.8) is 0 Å². The van der Waals surface area contributed by atoms with Crippen LogP contribution in [0.25, 0.3) is 11.1 Å². The lowest BCUT2D eigenvalue weighted by atomic mass is 9.79. The molecule has 3 rings (SSSR count). The van der Waals surface area contributed by atoms with E-state index >= 15 is 0 Å². The quantitative estimate of drug-likeness (QED) is 0.725. The third-order valence-corrected chi connectivity index (χ3v) is 4.68. The Balaban J connectivity index is 2.09. The van der Waals surface area contributed by atoms with Crippen LogP contribution in [-0.2, 0) is 10.3 Å². The smallest absolute Gasteiger partial charge is 0.163 e. The highest BCUT2D eigenvalue weighted by molar-refractivity contribution is 6.38. The van der Waals surface area contributed by atoms with Gasteiger partial charge in [0.25, 0.3) is 0 Å². The molecule has 2 aromatic rings. The first kappa shape index (κ1) is 15.0. The minimum absolute atomic E-state index is 0.315. The highest BCUT2D eigenvalue weighted by Crippen LogP contribution is 2.44. The first-order valence-electron chi connectivity index (χ1n) is 6.60. The maximum absolute atomic E-state index is 6.33. The summed E-state index contributed by atoms with van der Waals surface area (Å²) in [5.74, 6) is 0.553. The first-order valence-corrected chi connectivity index (χ1v) is 7.74. The van der Waals surface area contributed by atoms with Crippen molar-refractivity contribution in [2.75, 3.05) is 7.11 Å². The van der Waals surface area contributed by atoms with Gasteiger partial charge in [-0.2, -0.15) is 0 Å². The minimum atomic E-state index is -0.444. The van der Waals surface area contributed by atoms with Gasteiger partial charge in [-0.3, -0.25) is 0 Å². The Kier molecular flexibility index (Phi) is 4.10. The first-order chi connectivity index (χ1) is 10.1. The van der Waals surface area contributed by atoms with Crippen molar-refractivity contribution in [1.29, 1.82) is 0 Å². The van der Waals surface area contributed by atoms with Crippen LogP contribution in [0.2, 0.25) is 15.3 Å². The summed E-state index contributed by atoms with van der Waals surface area (Å²) in [5.41, 5.74) is 0.944. The molecule has 1 saturated carbocycles. The SMILES string of the molecule is COC1(c2nc(Cl)c(-c3cccc(Cl)c3)c(Cl)n2)CCC1. The Morgan fingerprint density at radius 1 is 1.10 bits per heavy atom. The van der Waals surface area contributed by atoms with Gasteiger partial charge >= 0.3 is 0 Å². The van der Waals surface area contributed by atoms with Crippen molar-refractivity contribution < 1.29 is 4.74 Å². The number of methoxy groups -OCH3 is 1. The number of nitrogens with zero attached hydrogens (tertiary/aromatic N) is 2. The molecule has 0 radical (unpaired) electrons. The molecule has 110 valence electrons. The molecule has 0 aliphatic heterocycles. The molecular weight excluding hydrogens is 331 g/mol. The molecule has 1 aliphatic carbocycles. The van der Waals surface area contributed by atoms with Crippen LogP contribution in [0, 0.1) is 0 Å². The van der Waals surface area contributed by atoms with E-state index in [-0.39, 0.29) is 0 Å². The maximum atomic E-state index is 6.33. The number of rotatable bonds is 3. The average molecular weight is 344 g/mol. The van der Waals surface area contributed by atoms with Gasteiger partial charge in [0.2, 0.25) is 0 Å². The zero-order valence-electron chi connectivity index (χ0n) is 11.4. The Morgan fingerprint density at radius 2 is 1.76 bits per heavy atom. The zero-order chi connectivity index (χ0) is 15.0. The average Bonchev–Trinajstić information content (AvgIpc) is 2.37. The molecule has 0 amide bonds. The predicted octanol–water partition coefficient (Wildman–Crippen LogP) is 5.13. The summed E-state index contributed by atoms with van der Waals surface area (Å²) >= 11 is 18.7. The largest absolute Gasteiger partial charge is 0.370 e. The third kappa shape index (κ3) is 2.64. The van der Waals surface area contributed by atoms with E-state index in [9.17, 15) is 0 Å². The van der Waals surface area contributed by atoms with Gasteiger partial charge in [-0.05, 0) is 37.0 Å². The summed E-state index contributed by atoms with van der Waals surface area (Å²) in [6.45, 7) is 0. The predicted molar refractivity (Wildman–Crippen MR) is 85.0 cm³/mol. The molecule has 0 unspecified atom stereocenters. The number of ether oxygens (including phenoxy) is 1. The van der Waals surface area contributed by atoms with Crippen molar-refractivity contribution >= 4 is 34.8 Å². The van der Waals surface area contributed by atoms with Gasteiger partial charge in [-0.25, -0.2) is 9.97 Å². The Hall–Kier alpha value is -0.870. The normalized spacial score (nSPS) is 16.6. The number of hydrogen-bond donors (Lipinski definition) is 0. The van der Waals surface area contributed by atoms with Gasteiger partial charge in [0.15, 0.2) is 5.82 Å². The van der Waals surface area contributed by atoms with Gasteiger partial charge in [0.1, 0.15) is 15.9 Å². The molecule has 0 saturated heterocycles. The topological polar surface area (TPSA) is 35.0 Å². The van der Waals surface area contributed by atoms with Crippen molar-refractivity contribution in [3.05, 3.63) is 45.4 Å². The van der Waals surface area contributed by atoms with Gasteiger partial charge in [0, 0.05) is 12.1 Å². The fraction of sp³-hybridized carbons (Fsp3) is 0.333. The van der Waals surface area contributed by atoms with Crippen LogP contribution in [0.1, 0.15) is 25.1 Å². The lowest BCUT2D eigenvalue weighted by Gasteiger charge is -2.38. The lowest BCUT2D eigenvalue weighted by Crippen LogP contribution is -2.38. The van der Waals surface area contributed by atoms with E-state index in [4.69, 9.17) is 39.5 Å². The molecule has 21 heavy (non-hydrogen) atoms.